The molecule has 0 spiro atoms. The molecule has 1 aromatic carbocycles. The number of hydrogen-bond donors (Lipinski definition) is 0. The van der Waals surface area contributed by atoms with E-state index in [9.17, 15) is 0 Å². The molecule has 0 fully saturated rings. The van der Waals surface area contributed by atoms with Crippen molar-refractivity contribution in [2.24, 2.45) is 0 Å². The lowest BCUT2D eigenvalue weighted by Crippen LogP contribution is -1.84. The number of thioether (sulfide) groups is 1. The van der Waals surface area contributed by atoms with Crippen LogP contribution in [0.4, 0.5) is 0 Å². The van der Waals surface area contributed by atoms with Gasteiger partial charge in [0.15, 0.2) is 0 Å². The molecule has 0 bridgehead atoms. The maximum Gasteiger partial charge on any atom is 0.0474 e. The van der Waals surface area contributed by atoms with Crippen LogP contribution in [0.3, 0.4) is 0 Å². The van der Waals surface area contributed by atoms with Crippen LogP contribution in [0.1, 0.15) is 10.4 Å². The highest BCUT2D eigenvalue weighted by atomic mass is 35.5. The van der Waals surface area contributed by atoms with Crippen molar-refractivity contribution in [3.8, 4) is 0 Å². The van der Waals surface area contributed by atoms with Gasteiger partial charge in [-0.3, -0.25) is 0 Å². The molecule has 0 aliphatic heterocycles. The van der Waals surface area contributed by atoms with Crippen LogP contribution in [-0.4, -0.2) is 5.75 Å². The summed E-state index contributed by atoms with van der Waals surface area (Å²) in [6.45, 7) is 0. The second-order valence-electron chi connectivity index (χ2n) is 3.46. The van der Waals surface area contributed by atoms with Crippen molar-refractivity contribution in [3.63, 3.8) is 0 Å². The molecule has 16 heavy (non-hydrogen) atoms. The number of aryl methyl sites for hydroxylation is 1. The maximum absolute atomic E-state index is 5.75. The van der Waals surface area contributed by atoms with Gasteiger partial charge < -0.3 is 0 Å². The number of thiophene rings is 1. The number of halogens is 1. The molecule has 0 aliphatic rings. The smallest absolute Gasteiger partial charge is 0.0474 e. The first-order valence-electron chi connectivity index (χ1n) is 5.18. The highest BCUT2D eigenvalue weighted by Gasteiger charge is 1.97. The Labute approximate surface area is 110 Å². The minimum Gasteiger partial charge on any atom is -0.149 e. The summed E-state index contributed by atoms with van der Waals surface area (Å²) in [5.41, 5.74) is 1.18. The average molecular weight is 269 g/mol. The van der Waals surface area contributed by atoms with Gasteiger partial charge in [0.1, 0.15) is 0 Å². The van der Waals surface area contributed by atoms with E-state index in [1.807, 2.05) is 23.1 Å². The van der Waals surface area contributed by atoms with Gasteiger partial charge in [0.05, 0.1) is 0 Å². The van der Waals surface area contributed by atoms with Gasteiger partial charge in [-0.2, -0.15) is 0 Å². The first kappa shape index (κ1) is 12.0. The van der Waals surface area contributed by atoms with Gasteiger partial charge in [0, 0.05) is 21.4 Å². The lowest BCUT2D eigenvalue weighted by molar-refractivity contribution is 1.20. The molecule has 2 aromatic rings. The molecule has 0 radical (unpaired) electrons. The predicted octanol–water partition coefficient (Wildman–Crippen LogP) is 4.82. The molecule has 0 nitrogen and oxygen atoms in total. The van der Waals surface area contributed by atoms with E-state index in [4.69, 9.17) is 11.6 Å². The molecule has 0 atom stereocenters. The number of alkyl halides is 1. The fourth-order valence-electron chi connectivity index (χ4n) is 1.40. The van der Waals surface area contributed by atoms with E-state index in [-0.39, 0.29) is 0 Å². The van der Waals surface area contributed by atoms with E-state index in [0.717, 1.165) is 12.2 Å². The van der Waals surface area contributed by atoms with Gasteiger partial charge in [0.2, 0.25) is 0 Å². The van der Waals surface area contributed by atoms with E-state index in [0.29, 0.717) is 5.88 Å². The molecule has 0 N–H and O–H groups in total. The van der Waals surface area contributed by atoms with Gasteiger partial charge in [-0.25, -0.2) is 0 Å². The molecule has 0 saturated heterocycles. The summed E-state index contributed by atoms with van der Waals surface area (Å²) in [4.78, 5) is 2.79. The minimum atomic E-state index is 0.597. The summed E-state index contributed by atoms with van der Waals surface area (Å²) in [7, 11) is 0. The molecular formula is C13H13ClS2. The quantitative estimate of drug-likeness (QED) is 0.553. The first-order chi connectivity index (χ1) is 7.88. The molecule has 1 heterocycles. The third-order valence-electron chi connectivity index (χ3n) is 2.27. The van der Waals surface area contributed by atoms with Crippen LogP contribution in [0.15, 0.2) is 46.7 Å². The monoisotopic (exact) mass is 268 g/mol. The standard InChI is InChI=1S/C13H13ClS2/c14-10-11-3-5-13(6-4-11)16-9-7-12-2-1-8-15-12/h1-6,8H,7,9-10H2. The van der Waals surface area contributed by atoms with Crippen LogP contribution in [0.5, 0.6) is 0 Å². The van der Waals surface area contributed by atoms with Crippen LogP contribution in [0.2, 0.25) is 0 Å². The zero-order valence-electron chi connectivity index (χ0n) is 8.86. The van der Waals surface area contributed by atoms with E-state index in [1.54, 1.807) is 0 Å². The highest BCUT2D eigenvalue weighted by Crippen LogP contribution is 2.21. The molecule has 0 aliphatic carbocycles. The number of rotatable bonds is 5. The minimum absolute atomic E-state index is 0.597. The van der Waals surface area contributed by atoms with Crippen LogP contribution in [0, 0.1) is 0 Å². The number of hydrogen-bond acceptors (Lipinski definition) is 2. The Morgan fingerprint density at radius 3 is 2.56 bits per heavy atom. The van der Waals surface area contributed by atoms with Crippen LogP contribution < -0.4 is 0 Å². The fraction of sp³-hybridized carbons (Fsp3) is 0.231. The van der Waals surface area contributed by atoms with E-state index in [2.05, 4.69) is 41.8 Å². The Hall–Kier alpha value is -0.440. The van der Waals surface area contributed by atoms with Gasteiger partial charge in [-0.1, -0.05) is 18.2 Å². The number of benzene rings is 1. The molecule has 0 amide bonds. The molecule has 84 valence electrons. The Bertz CT molecular complexity index is 406. The van der Waals surface area contributed by atoms with Crippen molar-refractivity contribution in [2.75, 3.05) is 5.75 Å². The fourth-order valence-corrected chi connectivity index (χ4v) is 3.30. The summed E-state index contributed by atoms with van der Waals surface area (Å²) < 4.78 is 0. The van der Waals surface area contributed by atoms with E-state index < -0.39 is 0 Å². The second-order valence-corrected chi connectivity index (χ2v) is 5.92. The zero-order chi connectivity index (χ0) is 11.2. The molecular weight excluding hydrogens is 256 g/mol. The SMILES string of the molecule is ClCc1ccc(SCCc2cccs2)cc1. The lowest BCUT2D eigenvalue weighted by Gasteiger charge is -2.01. The zero-order valence-corrected chi connectivity index (χ0v) is 11.2. The van der Waals surface area contributed by atoms with Crippen LogP contribution in [0.25, 0.3) is 0 Å². The third kappa shape index (κ3) is 3.55. The summed E-state index contributed by atoms with van der Waals surface area (Å²) in [5, 5.41) is 2.13. The summed E-state index contributed by atoms with van der Waals surface area (Å²) >= 11 is 9.48. The molecule has 0 unspecified atom stereocenters. The van der Waals surface area contributed by atoms with Gasteiger partial charge in [-0.15, -0.1) is 34.7 Å². The van der Waals surface area contributed by atoms with E-state index in [1.165, 1.54) is 15.3 Å². The van der Waals surface area contributed by atoms with Gasteiger partial charge in [-0.05, 0) is 35.6 Å². The van der Waals surface area contributed by atoms with Gasteiger partial charge >= 0.3 is 0 Å². The van der Waals surface area contributed by atoms with Crippen LogP contribution >= 0.6 is 34.7 Å². The van der Waals surface area contributed by atoms with Gasteiger partial charge in [0.25, 0.3) is 0 Å². The van der Waals surface area contributed by atoms with Crippen molar-refractivity contribution < 1.29 is 0 Å². The normalized spacial score (nSPS) is 10.6. The highest BCUT2D eigenvalue weighted by molar-refractivity contribution is 7.99. The Morgan fingerprint density at radius 2 is 1.94 bits per heavy atom. The summed E-state index contributed by atoms with van der Waals surface area (Å²) in [5.74, 6) is 1.74. The van der Waals surface area contributed by atoms with E-state index >= 15 is 0 Å². The third-order valence-corrected chi connectivity index (χ3v) is 4.53. The predicted molar refractivity (Wildman–Crippen MR) is 74.7 cm³/mol. The maximum atomic E-state index is 5.75. The first-order valence-corrected chi connectivity index (χ1v) is 7.58. The topological polar surface area (TPSA) is 0 Å². The summed E-state index contributed by atoms with van der Waals surface area (Å²) in [6, 6.07) is 12.8. The Balaban J connectivity index is 1.81. The van der Waals surface area contributed by atoms with Crippen molar-refractivity contribution in [3.05, 3.63) is 52.2 Å². The van der Waals surface area contributed by atoms with Crippen molar-refractivity contribution in [1.29, 1.82) is 0 Å². The van der Waals surface area contributed by atoms with Crippen molar-refractivity contribution in [1.82, 2.24) is 0 Å². The molecule has 1 aromatic heterocycles. The molecule has 2 rings (SSSR count). The summed E-state index contributed by atoms with van der Waals surface area (Å²) in [6.07, 6.45) is 1.15. The lowest BCUT2D eigenvalue weighted by atomic mass is 10.2. The molecule has 3 heteroatoms. The largest absolute Gasteiger partial charge is 0.149 e. The second kappa shape index (κ2) is 6.33. The van der Waals surface area contributed by atoms with Crippen molar-refractivity contribution >= 4 is 34.7 Å². The molecule has 0 saturated carbocycles. The van der Waals surface area contributed by atoms with Crippen molar-refractivity contribution in [2.45, 2.75) is 17.2 Å². The van der Waals surface area contributed by atoms with Crippen LogP contribution in [-0.2, 0) is 12.3 Å². The Morgan fingerprint density at radius 1 is 1.12 bits per heavy atom. The average Bonchev–Trinajstić information content (AvgIpc) is 2.83. The Kier molecular flexibility index (Phi) is 4.76.